The highest BCUT2D eigenvalue weighted by atomic mass is 79.9. The van der Waals surface area contributed by atoms with Crippen molar-refractivity contribution in [1.82, 2.24) is 0 Å². The van der Waals surface area contributed by atoms with Crippen LogP contribution in [0.2, 0.25) is 0 Å². The Bertz CT molecular complexity index is 1120. The first kappa shape index (κ1) is 21.1. The summed E-state index contributed by atoms with van der Waals surface area (Å²) in [4.78, 5) is 10.3. The van der Waals surface area contributed by atoms with E-state index in [0.29, 0.717) is 33.7 Å². The summed E-state index contributed by atoms with van der Waals surface area (Å²) < 4.78 is 12.1. The Morgan fingerprint density at radius 3 is 2.47 bits per heavy atom. The van der Waals surface area contributed by atoms with E-state index in [1.165, 1.54) is 12.1 Å². The van der Waals surface area contributed by atoms with Crippen LogP contribution in [-0.4, -0.2) is 12.0 Å². The van der Waals surface area contributed by atoms with Gasteiger partial charge in [-0.1, -0.05) is 30.3 Å². The van der Waals surface area contributed by atoms with Gasteiger partial charge in [0.15, 0.2) is 11.5 Å². The number of nitro benzene ring substituents is 1. The van der Waals surface area contributed by atoms with Crippen molar-refractivity contribution in [2.45, 2.75) is 6.61 Å². The van der Waals surface area contributed by atoms with Crippen LogP contribution in [0.1, 0.15) is 16.7 Å². The number of benzene rings is 3. The molecule has 0 aliphatic carbocycles. The van der Waals surface area contributed by atoms with Gasteiger partial charge in [0.2, 0.25) is 0 Å². The van der Waals surface area contributed by atoms with Crippen LogP contribution in [0.3, 0.4) is 0 Å². The molecule has 3 rings (SSSR count). The minimum atomic E-state index is -0.477. The topological polar surface area (TPSA) is 85.4 Å². The van der Waals surface area contributed by atoms with E-state index in [-0.39, 0.29) is 5.69 Å². The number of hydrogen-bond acceptors (Lipinski definition) is 5. The quantitative estimate of drug-likeness (QED) is 0.185. The molecule has 30 heavy (non-hydrogen) atoms. The third-order valence-corrected chi connectivity index (χ3v) is 4.89. The molecule has 0 N–H and O–H groups in total. The van der Waals surface area contributed by atoms with Crippen molar-refractivity contribution in [3.63, 3.8) is 0 Å². The molecule has 0 saturated carbocycles. The van der Waals surface area contributed by atoms with Gasteiger partial charge >= 0.3 is 0 Å². The minimum Gasteiger partial charge on any atom is -0.493 e. The van der Waals surface area contributed by atoms with Gasteiger partial charge in [-0.2, -0.15) is 5.26 Å². The van der Waals surface area contributed by atoms with E-state index in [9.17, 15) is 15.4 Å². The molecule has 0 spiro atoms. The van der Waals surface area contributed by atoms with Gasteiger partial charge in [0.05, 0.1) is 28.1 Å². The molecule has 3 aromatic rings. The van der Waals surface area contributed by atoms with Gasteiger partial charge in [0.1, 0.15) is 6.61 Å². The smallest absolute Gasteiger partial charge is 0.269 e. The molecular weight excluding hydrogens is 448 g/mol. The van der Waals surface area contributed by atoms with Crippen LogP contribution in [0, 0.1) is 21.4 Å². The number of nitriles is 1. The molecule has 0 amide bonds. The summed E-state index contributed by atoms with van der Waals surface area (Å²) in [5.41, 5.74) is 2.68. The highest BCUT2D eigenvalue weighted by molar-refractivity contribution is 9.10. The first-order chi connectivity index (χ1) is 14.5. The lowest BCUT2D eigenvalue weighted by Crippen LogP contribution is -1.99. The summed E-state index contributed by atoms with van der Waals surface area (Å²) >= 11 is 3.51. The van der Waals surface area contributed by atoms with Crippen molar-refractivity contribution in [1.29, 1.82) is 5.26 Å². The van der Waals surface area contributed by atoms with E-state index in [0.717, 1.165) is 11.1 Å². The number of ether oxygens (including phenoxy) is 2. The maximum Gasteiger partial charge on any atom is 0.269 e. The average molecular weight is 465 g/mol. The molecule has 0 radical (unpaired) electrons. The minimum absolute atomic E-state index is 0.0274. The Labute approximate surface area is 182 Å². The van der Waals surface area contributed by atoms with Gasteiger partial charge in [0.25, 0.3) is 5.69 Å². The van der Waals surface area contributed by atoms with Crippen LogP contribution in [0.5, 0.6) is 11.5 Å². The molecule has 0 aromatic heterocycles. The van der Waals surface area contributed by atoms with Crippen LogP contribution in [0.4, 0.5) is 5.69 Å². The normalized spacial score (nSPS) is 10.9. The lowest BCUT2D eigenvalue weighted by Gasteiger charge is -2.14. The van der Waals surface area contributed by atoms with Gasteiger partial charge in [-0.25, -0.2) is 0 Å². The zero-order valence-electron chi connectivity index (χ0n) is 16.0. The standard InChI is InChI=1S/C23H17BrN2O4/c1-29-22-13-17(11-19(14-25)18-7-9-20(10-8-18)26(27)28)12-21(24)23(22)30-15-16-5-3-2-4-6-16/h2-13H,15H2,1H3/b19-11-. The zero-order chi connectivity index (χ0) is 21.5. The molecule has 0 unspecified atom stereocenters. The van der Waals surface area contributed by atoms with Crippen molar-refractivity contribution in [3.05, 3.63) is 98.0 Å². The number of allylic oxidation sites excluding steroid dienone is 1. The van der Waals surface area contributed by atoms with Crippen LogP contribution < -0.4 is 9.47 Å². The van der Waals surface area contributed by atoms with E-state index < -0.39 is 4.92 Å². The summed E-state index contributed by atoms with van der Waals surface area (Å²) in [6, 6.07) is 21.4. The maximum atomic E-state index is 10.8. The van der Waals surface area contributed by atoms with E-state index in [1.54, 1.807) is 31.4 Å². The third kappa shape index (κ3) is 5.04. The first-order valence-corrected chi connectivity index (χ1v) is 9.72. The Kier molecular flexibility index (Phi) is 6.83. The van der Waals surface area contributed by atoms with Crippen molar-refractivity contribution >= 4 is 33.3 Å². The fraction of sp³-hybridized carbons (Fsp3) is 0.0870. The van der Waals surface area contributed by atoms with Crippen molar-refractivity contribution in [2.75, 3.05) is 7.11 Å². The Balaban J connectivity index is 1.89. The number of rotatable bonds is 7. The van der Waals surface area contributed by atoms with Gasteiger partial charge in [-0.3, -0.25) is 10.1 Å². The number of halogens is 1. The lowest BCUT2D eigenvalue weighted by molar-refractivity contribution is -0.384. The summed E-state index contributed by atoms with van der Waals surface area (Å²) in [5, 5.41) is 20.4. The maximum absolute atomic E-state index is 10.8. The zero-order valence-corrected chi connectivity index (χ0v) is 17.6. The van der Waals surface area contributed by atoms with Crippen molar-refractivity contribution < 1.29 is 14.4 Å². The van der Waals surface area contributed by atoms with Crippen LogP contribution in [0.25, 0.3) is 11.6 Å². The first-order valence-electron chi connectivity index (χ1n) is 8.92. The second-order valence-electron chi connectivity index (χ2n) is 6.28. The van der Waals surface area contributed by atoms with E-state index >= 15 is 0 Å². The molecule has 0 fully saturated rings. The molecule has 0 atom stereocenters. The third-order valence-electron chi connectivity index (χ3n) is 4.30. The largest absolute Gasteiger partial charge is 0.493 e. The molecule has 150 valence electrons. The predicted molar refractivity (Wildman–Crippen MR) is 118 cm³/mol. The van der Waals surface area contributed by atoms with Crippen LogP contribution in [-0.2, 0) is 6.61 Å². The number of nitro groups is 1. The van der Waals surface area contributed by atoms with Crippen LogP contribution >= 0.6 is 15.9 Å². The summed E-state index contributed by atoms with van der Waals surface area (Å²) in [5.74, 6) is 1.08. The predicted octanol–water partition coefficient (Wildman–Crippen LogP) is 6.01. The number of hydrogen-bond donors (Lipinski definition) is 0. The highest BCUT2D eigenvalue weighted by Crippen LogP contribution is 2.38. The average Bonchev–Trinajstić information content (AvgIpc) is 2.77. The SMILES string of the molecule is COc1cc(/C=C(/C#N)c2ccc([N+](=O)[O-])cc2)cc(Br)c1OCc1ccccc1. The van der Waals surface area contributed by atoms with Gasteiger partial charge < -0.3 is 9.47 Å². The number of methoxy groups -OCH3 is 1. The second kappa shape index (κ2) is 9.72. The van der Waals surface area contributed by atoms with E-state index in [4.69, 9.17) is 9.47 Å². The van der Waals surface area contributed by atoms with E-state index in [2.05, 4.69) is 22.0 Å². The fourth-order valence-corrected chi connectivity index (χ4v) is 3.38. The molecule has 0 saturated heterocycles. The summed E-state index contributed by atoms with van der Waals surface area (Å²) in [6.45, 7) is 0.386. The Morgan fingerprint density at radius 1 is 1.17 bits per heavy atom. The van der Waals surface area contributed by atoms with Gasteiger partial charge in [0, 0.05) is 12.1 Å². The Morgan fingerprint density at radius 2 is 1.87 bits per heavy atom. The van der Waals surface area contributed by atoms with Crippen molar-refractivity contribution in [3.8, 4) is 17.6 Å². The fourth-order valence-electron chi connectivity index (χ4n) is 2.80. The van der Waals surface area contributed by atoms with Crippen molar-refractivity contribution in [2.24, 2.45) is 0 Å². The number of non-ortho nitro benzene ring substituents is 1. The molecule has 0 aliphatic rings. The molecule has 7 heteroatoms. The van der Waals surface area contributed by atoms with Gasteiger partial charge in [-0.15, -0.1) is 0 Å². The molecule has 3 aromatic carbocycles. The molecule has 0 aliphatic heterocycles. The van der Waals surface area contributed by atoms with Crippen LogP contribution in [0.15, 0.2) is 71.2 Å². The molecule has 0 bridgehead atoms. The number of nitrogens with zero attached hydrogens (tertiary/aromatic N) is 2. The molecular formula is C23H17BrN2O4. The second-order valence-corrected chi connectivity index (χ2v) is 7.14. The van der Waals surface area contributed by atoms with Gasteiger partial charge in [-0.05, 0) is 63.0 Å². The monoisotopic (exact) mass is 464 g/mol. The summed E-state index contributed by atoms with van der Waals surface area (Å²) in [6.07, 6.45) is 1.69. The molecule has 6 nitrogen and oxygen atoms in total. The summed E-state index contributed by atoms with van der Waals surface area (Å²) in [7, 11) is 1.55. The lowest BCUT2D eigenvalue weighted by atomic mass is 10.0. The highest BCUT2D eigenvalue weighted by Gasteiger charge is 2.13. The molecule has 0 heterocycles. The van der Waals surface area contributed by atoms with E-state index in [1.807, 2.05) is 36.4 Å². The Hall–Kier alpha value is -3.63.